The van der Waals surface area contributed by atoms with E-state index in [2.05, 4.69) is 44.2 Å². The summed E-state index contributed by atoms with van der Waals surface area (Å²) in [4.78, 5) is 0. The second kappa shape index (κ2) is 9.04. The van der Waals surface area contributed by atoms with Crippen molar-refractivity contribution in [2.75, 3.05) is 0 Å². The van der Waals surface area contributed by atoms with Crippen molar-refractivity contribution in [1.82, 2.24) is 0 Å². The largest absolute Gasteiger partial charge is 0.192 e. The van der Waals surface area contributed by atoms with Crippen LogP contribution in [0.5, 0.6) is 0 Å². The fourth-order valence-corrected chi connectivity index (χ4v) is 4.47. The number of nitriles is 1. The molecule has 2 aromatic rings. The minimum Gasteiger partial charge on any atom is -0.192 e. The molecule has 0 N–H and O–H groups in total. The van der Waals surface area contributed by atoms with Gasteiger partial charge in [0.1, 0.15) is 0 Å². The van der Waals surface area contributed by atoms with Crippen molar-refractivity contribution in [3.63, 3.8) is 0 Å². The Morgan fingerprint density at radius 1 is 0.923 bits per heavy atom. The predicted molar refractivity (Wildman–Crippen MR) is 110 cm³/mol. The molecule has 1 fully saturated rings. The summed E-state index contributed by atoms with van der Waals surface area (Å²) in [5.74, 6) is 2.57. The lowest BCUT2D eigenvalue weighted by Gasteiger charge is -2.32. The van der Waals surface area contributed by atoms with Gasteiger partial charge in [0.15, 0.2) is 0 Å². The van der Waals surface area contributed by atoms with Crippen molar-refractivity contribution >= 4 is 0 Å². The summed E-state index contributed by atoms with van der Waals surface area (Å²) in [6, 6.07) is 19.2. The minimum absolute atomic E-state index is 0.718. The van der Waals surface area contributed by atoms with E-state index in [1.54, 1.807) is 0 Å². The summed E-state index contributed by atoms with van der Waals surface area (Å²) in [7, 11) is 0. The van der Waals surface area contributed by atoms with Gasteiger partial charge in [-0.25, -0.2) is 0 Å². The van der Waals surface area contributed by atoms with Crippen molar-refractivity contribution in [2.24, 2.45) is 11.8 Å². The van der Waals surface area contributed by atoms with Crippen LogP contribution in [0.3, 0.4) is 0 Å². The number of hydrogen-bond donors (Lipinski definition) is 0. The second-order valence-corrected chi connectivity index (χ2v) is 8.04. The summed E-state index contributed by atoms with van der Waals surface area (Å²) in [6.07, 6.45) is 9.60. The van der Waals surface area contributed by atoms with E-state index in [9.17, 15) is 0 Å². The Bertz CT molecular complexity index is 712. The molecule has 1 unspecified atom stereocenters. The van der Waals surface area contributed by atoms with Gasteiger partial charge in [-0.2, -0.15) is 5.26 Å². The summed E-state index contributed by atoms with van der Waals surface area (Å²) < 4.78 is 0. The van der Waals surface area contributed by atoms with E-state index in [1.807, 2.05) is 24.3 Å². The van der Waals surface area contributed by atoms with Crippen LogP contribution in [0.4, 0.5) is 0 Å². The Morgan fingerprint density at radius 3 is 2.04 bits per heavy atom. The second-order valence-electron chi connectivity index (χ2n) is 8.04. The lowest BCUT2D eigenvalue weighted by Crippen LogP contribution is -2.19. The van der Waals surface area contributed by atoms with E-state index in [-0.39, 0.29) is 0 Å². The Kier molecular flexibility index (Phi) is 6.51. The predicted octanol–water partition coefficient (Wildman–Crippen LogP) is 7.33. The maximum absolute atomic E-state index is 8.93. The number of unbranched alkanes of at least 4 members (excludes halogenated alkanes) is 1. The average molecular weight is 346 g/mol. The van der Waals surface area contributed by atoms with Crippen LogP contribution in [0.1, 0.15) is 75.8 Å². The zero-order chi connectivity index (χ0) is 18.4. The summed E-state index contributed by atoms with van der Waals surface area (Å²) in [6.45, 7) is 4.76. The van der Waals surface area contributed by atoms with Crippen LogP contribution in [-0.2, 0) is 0 Å². The molecule has 0 amide bonds. The van der Waals surface area contributed by atoms with Gasteiger partial charge in [0.05, 0.1) is 11.6 Å². The molecule has 0 spiro atoms. The van der Waals surface area contributed by atoms with Crippen molar-refractivity contribution in [1.29, 1.82) is 5.26 Å². The molecule has 0 heterocycles. The molecule has 1 saturated carbocycles. The van der Waals surface area contributed by atoms with E-state index >= 15 is 0 Å². The summed E-state index contributed by atoms with van der Waals surface area (Å²) in [5, 5.41) is 8.93. The molecule has 0 aliphatic heterocycles. The molecule has 3 rings (SSSR count). The zero-order valence-electron chi connectivity index (χ0n) is 16.2. The average Bonchev–Trinajstić information content (AvgIpc) is 2.72. The monoisotopic (exact) mass is 345 g/mol. The maximum Gasteiger partial charge on any atom is 0.0991 e. The Morgan fingerprint density at radius 2 is 1.50 bits per heavy atom. The number of benzene rings is 2. The highest BCUT2D eigenvalue weighted by Gasteiger charge is 2.25. The van der Waals surface area contributed by atoms with Crippen LogP contribution in [0.25, 0.3) is 11.1 Å². The van der Waals surface area contributed by atoms with Crippen LogP contribution in [-0.4, -0.2) is 0 Å². The lowest BCUT2D eigenvalue weighted by molar-refractivity contribution is 0.232. The van der Waals surface area contributed by atoms with Gasteiger partial charge < -0.3 is 0 Å². The fourth-order valence-electron chi connectivity index (χ4n) is 4.47. The molecule has 0 aromatic heterocycles. The zero-order valence-corrected chi connectivity index (χ0v) is 16.2. The molecule has 0 radical (unpaired) electrons. The quantitative estimate of drug-likeness (QED) is 0.538. The van der Waals surface area contributed by atoms with Gasteiger partial charge in [-0.15, -0.1) is 0 Å². The van der Waals surface area contributed by atoms with Crippen molar-refractivity contribution in [3.8, 4) is 17.2 Å². The van der Waals surface area contributed by atoms with Crippen LogP contribution in [0.15, 0.2) is 48.5 Å². The first kappa shape index (κ1) is 18.7. The first-order valence-corrected chi connectivity index (χ1v) is 10.3. The van der Waals surface area contributed by atoms with E-state index in [1.165, 1.54) is 61.6 Å². The Hall–Kier alpha value is -2.07. The SMILES string of the molecule is CCCCC(C)C1CCC(c2ccc(-c3ccc(C#N)cc3)cc2)CC1. The first-order valence-electron chi connectivity index (χ1n) is 10.3. The molecule has 136 valence electrons. The molecular formula is C25H31N. The highest BCUT2D eigenvalue weighted by Crippen LogP contribution is 2.40. The van der Waals surface area contributed by atoms with Gasteiger partial charge in [0.25, 0.3) is 0 Å². The van der Waals surface area contributed by atoms with Gasteiger partial charge in [0, 0.05) is 0 Å². The van der Waals surface area contributed by atoms with E-state index in [0.717, 1.165) is 23.3 Å². The summed E-state index contributed by atoms with van der Waals surface area (Å²) >= 11 is 0. The minimum atomic E-state index is 0.718. The third kappa shape index (κ3) is 4.55. The molecular weight excluding hydrogens is 314 g/mol. The van der Waals surface area contributed by atoms with Gasteiger partial charge in [-0.05, 0) is 72.3 Å². The highest BCUT2D eigenvalue weighted by molar-refractivity contribution is 5.64. The molecule has 1 aliphatic rings. The Labute approximate surface area is 159 Å². The number of nitrogens with zero attached hydrogens (tertiary/aromatic N) is 1. The van der Waals surface area contributed by atoms with Crippen LogP contribution in [0, 0.1) is 23.2 Å². The normalized spacial score (nSPS) is 21.1. The van der Waals surface area contributed by atoms with Crippen molar-refractivity contribution in [3.05, 3.63) is 59.7 Å². The summed E-state index contributed by atoms with van der Waals surface area (Å²) in [5.41, 5.74) is 4.64. The van der Waals surface area contributed by atoms with Crippen LogP contribution >= 0.6 is 0 Å². The van der Waals surface area contributed by atoms with Gasteiger partial charge >= 0.3 is 0 Å². The molecule has 1 aliphatic carbocycles. The molecule has 26 heavy (non-hydrogen) atoms. The van der Waals surface area contributed by atoms with Crippen molar-refractivity contribution in [2.45, 2.75) is 64.7 Å². The highest BCUT2D eigenvalue weighted by atomic mass is 14.3. The van der Waals surface area contributed by atoms with Crippen LogP contribution in [0.2, 0.25) is 0 Å². The topological polar surface area (TPSA) is 23.8 Å². The molecule has 2 aromatic carbocycles. The van der Waals surface area contributed by atoms with Gasteiger partial charge in [-0.1, -0.05) is 69.5 Å². The maximum atomic E-state index is 8.93. The standard InChI is InChI=1S/C25H31N/c1-3-4-5-19(2)21-10-12-23(13-11-21)25-16-14-24(15-17-25)22-8-6-20(18-26)7-9-22/h6-9,14-17,19,21,23H,3-5,10-13H2,1-2H3. The Balaban J connectivity index is 1.58. The lowest BCUT2D eigenvalue weighted by atomic mass is 9.73. The molecule has 1 nitrogen and oxygen atoms in total. The first-order chi connectivity index (χ1) is 12.7. The van der Waals surface area contributed by atoms with Crippen molar-refractivity contribution < 1.29 is 0 Å². The van der Waals surface area contributed by atoms with E-state index in [0.29, 0.717) is 0 Å². The fraction of sp³-hybridized carbons (Fsp3) is 0.480. The molecule has 0 bridgehead atoms. The number of rotatable bonds is 6. The molecule has 1 atom stereocenters. The van der Waals surface area contributed by atoms with E-state index < -0.39 is 0 Å². The third-order valence-corrected chi connectivity index (χ3v) is 6.32. The molecule has 1 heteroatoms. The van der Waals surface area contributed by atoms with E-state index in [4.69, 9.17) is 5.26 Å². The van der Waals surface area contributed by atoms with Gasteiger partial charge in [-0.3, -0.25) is 0 Å². The molecule has 0 saturated heterocycles. The third-order valence-electron chi connectivity index (χ3n) is 6.32. The van der Waals surface area contributed by atoms with Gasteiger partial charge in [0.2, 0.25) is 0 Å². The number of hydrogen-bond acceptors (Lipinski definition) is 1. The van der Waals surface area contributed by atoms with Crippen LogP contribution < -0.4 is 0 Å². The smallest absolute Gasteiger partial charge is 0.0991 e.